The molecule has 2 rings (SSSR count). The first-order valence-electron chi connectivity index (χ1n) is 5.22. The van der Waals surface area contributed by atoms with Crippen LogP contribution in [-0.4, -0.2) is 10.9 Å². The second kappa shape index (κ2) is 5.15. The molecule has 0 spiro atoms. The largest absolute Gasteiger partial charge is 0.508 e. The second-order valence-electron chi connectivity index (χ2n) is 3.77. The Morgan fingerprint density at radius 2 is 1.59 bits per heavy atom. The number of benzene rings is 2. The fourth-order valence-corrected chi connectivity index (χ4v) is 1.80. The van der Waals surface area contributed by atoms with Crippen molar-refractivity contribution in [2.75, 3.05) is 0 Å². The molecule has 1 N–H and O–H groups in total. The molecule has 2 aromatic rings. The summed E-state index contributed by atoms with van der Waals surface area (Å²) in [6.07, 6.45) is 0.349. The van der Waals surface area contributed by atoms with Crippen LogP contribution in [0.3, 0.4) is 0 Å². The molecule has 3 heteroatoms. The molecule has 0 heterocycles. The monoisotopic (exact) mass is 290 g/mol. The summed E-state index contributed by atoms with van der Waals surface area (Å²) in [7, 11) is 0. The molecule has 0 unspecified atom stereocenters. The van der Waals surface area contributed by atoms with Gasteiger partial charge in [0.1, 0.15) is 5.75 Å². The van der Waals surface area contributed by atoms with Gasteiger partial charge in [0.05, 0.1) is 0 Å². The number of hydrogen-bond acceptors (Lipinski definition) is 2. The van der Waals surface area contributed by atoms with Crippen molar-refractivity contribution in [2.24, 2.45) is 0 Å². The number of hydrogen-bond donors (Lipinski definition) is 1. The zero-order valence-electron chi connectivity index (χ0n) is 9.06. The Bertz CT molecular complexity index is 515. The molecule has 0 radical (unpaired) electrons. The molecular weight excluding hydrogens is 280 g/mol. The van der Waals surface area contributed by atoms with Crippen molar-refractivity contribution in [1.29, 1.82) is 0 Å². The first-order valence-corrected chi connectivity index (χ1v) is 6.01. The first kappa shape index (κ1) is 11.9. The summed E-state index contributed by atoms with van der Waals surface area (Å²) < 4.78 is 0.957. The van der Waals surface area contributed by atoms with Gasteiger partial charge in [0.15, 0.2) is 5.78 Å². The average Bonchev–Trinajstić information content (AvgIpc) is 2.33. The van der Waals surface area contributed by atoms with E-state index in [0.29, 0.717) is 12.0 Å². The maximum Gasteiger partial charge on any atom is 0.167 e. The van der Waals surface area contributed by atoms with Crippen LogP contribution < -0.4 is 0 Å². The van der Waals surface area contributed by atoms with E-state index in [1.807, 2.05) is 12.1 Å². The Labute approximate surface area is 108 Å². The zero-order chi connectivity index (χ0) is 12.3. The molecule has 0 atom stereocenters. The summed E-state index contributed by atoms with van der Waals surface area (Å²) in [5, 5.41) is 9.15. The maximum atomic E-state index is 11.9. The minimum absolute atomic E-state index is 0.0724. The molecule has 86 valence electrons. The summed E-state index contributed by atoms with van der Waals surface area (Å²) >= 11 is 3.33. The van der Waals surface area contributed by atoms with Crippen molar-refractivity contribution in [3.63, 3.8) is 0 Å². The molecule has 0 aliphatic heterocycles. The smallest absolute Gasteiger partial charge is 0.167 e. The van der Waals surface area contributed by atoms with Crippen LogP contribution in [0.1, 0.15) is 15.9 Å². The first-order chi connectivity index (χ1) is 8.15. The molecule has 0 bridgehead atoms. The van der Waals surface area contributed by atoms with Crippen molar-refractivity contribution in [3.05, 3.63) is 64.1 Å². The van der Waals surface area contributed by atoms with Crippen LogP contribution in [0, 0.1) is 0 Å². The third-order valence-corrected chi connectivity index (χ3v) is 3.00. The van der Waals surface area contributed by atoms with Crippen molar-refractivity contribution < 1.29 is 9.90 Å². The lowest BCUT2D eigenvalue weighted by atomic mass is 10.0. The van der Waals surface area contributed by atoms with Crippen LogP contribution in [0.2, 0.25) is 0 Å². The second-order valence-corrected chi connectivity index (χ2v) is 4.69. The molecule has 0 fully saturated rings. The Morgan fingerprint density at radius 1 is 1.00 bits per heavy atom. The number of ketones is 1. The van der Waals surface area contributed by atoms with Crippen LogP contribution in [0.15, 0.2) is 53.0 Å². The van der Waals surface area contributed by atoms with E-state index < -0.39 is 0 Å². The number of halogens is 1. The van der Waals surface area contributed by atoms with E-state index in [-0.39, 0.29) is 11.5 Å². The molecule has 2 nitrogen and oxygen atoms in total. The lowest BCUT2D eigenvalue weighted by Gasteiger charge is -2.02. The predicted octanol–water partition coefficient (Wildman–Crippen LogP) is 3.58. The van der Waals surface area contributed by atoms with E-state index >= 15 is 0 Å². The van der Waals surface area contributed by atoms with E-state index in [0.717, 1.165) is 10.0 Å². The summed E-state index contributed by atoms with van der Waals surface area (Å²) in [6, 6.07) is 14.0. The SMILES string of the molecule is O=C(Cc1ccc(O)cc1)c1ccc(Br)cc1. The molecule has 0 aliphatic carbocycles. The third kappa shape index (κ3) is 3.17. The minimum atomic E-state index is 0.0724. The fraction of sp³-hybridized carbons (Fsp3) is 0.0714. The zero-order valence-corrected chi connectivity index (χ0v) is 10.6. The molecular formula is C14H11BrO2. The number of phenolic OH excluding ortho intramolecular Hbond substituents is 1. The molecule has 0 amide bonds. The lowest BCUT2D eigenvalue weighted by molar-refractivity contribution is 0.0993. The van der Waals surface area contributed by atoms with Crippen LogP contribution in [0.5, 0.6) is 5.75 Å². The van der Waals surface area contributed by atoms with Gasteiger partial charge in [-0.25, -0.2) is 0 Å². The number of Topliss-reactive ketones (excluding diaryl/α,β-unsaturated/α-hetero) is 1. The molecule has 2 aromatic carbocycles. The molecule has 0 aromatic heterocycles. The quantitative estimate of drug-likeness (QED) is 0.878. The normalized spacial score (nSPS) is 10.2. The highest BCUT2D eigenvalue weighted by molar-refractivity contribution is 9.10. The van der Waals surface area contributed by atoms with Gasteiger partial charge >= 0.3 is 0 Å². The van der Waals surface area contributed by atoms with Gasteiger partial charge < -0.3 is 5.11 Å². The van der Waals surface area contributed by atoms with Gasteiger partial charge in [0, 0.05) is 16.5 Å². The highest BCUT2D eigenvalue weighted by atomic mass is 79.9. The van der Waals surface area contributed by atoms with Crippen molar-refractivity contribution in [1.82, 2.24) is 0 Å². The summed E-state index contributed by atoms with van der Waals surface area (Å²) in [5.74, 6) is 0.285. The molecule has 0 saturated heterocycles. The Balaban J connectivity index is 2.11. The van der Waals surface area contributed by atoms with Crippen LogP contribution in [0.25, 0.3) is 0 Å². The van der Waals surface area contributed by atoms with E-state index in [9.17, 15) is 4.79 Å². The van der Waals surface area contributed by atoms with Gasteiger partial charge in [0.2, 0.25) is 0 Å². The van der Waals surface area contributed by atoms with Gasteiger partial charge in [-0.2, -0.15) is 0 Å². The van der Waals surface area contributed by atoms with Gasteiger partial charge in [-0.05, 0) is 29.8 Å². The van der Waals surface area contributed by atoms with E-state index in [4.69, 9.17) is 5.11 Å². The van der Waals surface area contributed by atoms with Crippen LogP contribution >= 0.6 is 15.9 Å². The average molecular weight is 291 g/mol. The van der Waals surface area contributed by atoms with Crippen molar-refractivity contribution in [3.8, 4) is 5.75 Å². The highest BCUT2D eigenvalue weighted by Crippen LogP contribution is 2.14. The van der Waals surface area contributed by atoms with E-state index in [1.54, 1.807) is 36.4 Å². The number of carbonyl (C=O) groups is 1. The summed E-state index contributed by atoms with van der Waals surface area (Å²) in [4.78, 5) is 11.9. The fourth-order valence-electron chi connectivity index (χ4n) is 1.54. The lowest BCUT2D eigenvalue weighted by Crippen LogP contribution is -2.02. The number of aromatic hydroxyl groups is 1. The van der Waals surface area contributed by atoms with E-state index in [2.05, 4.69) is 15.9 Å². The molecule has 17 heavy (non-hydrogen) atoms. The molecule has 0 saturated carbocycles. The maximum absolute atomic E-state index is 11.9. The number of rotatable bonds is 3. The van der Waals surface area contributed by atoms with Crippen LogP contribution in [0.4, 0.5) is 0 Å². The number of phenols is 1. The highest BCUT2D eigenvalue weighted by Gasteiger charge is 2.06. The Kier molecular flexibility index (Phi) is 3.59. The van der Waals surface area contributed by atoms with E-state index in [1.165, 1.54) is 0 Å². The number of carbonyl (C=O) groups excluding carboxylic acids is 1. The predicted molar refractivity (Wildman–Crippen MR) is 70.3 cm³/mol. The topological polar surface area (TPSA) is 37.3 Å². The van der Waals surface area contributed by atoms with Crippen molar-refractivity contribution in [2.45, 2.75) is 6.42 Å². The Morgan fingerprint density at radius 3 is 2.18 bits per heavy atom. The van der Waals surface area contributed by atoms with Gasteiger partial charge in [-0.15, -0.1) is 0 Å². The summed E-state index contributed by atoms with van der Waals surface area (Å²) in [5.41, 5.74) is 1.59. The van der Waals surface area contributed by atoms with Gasteiger partial charge in [-0.1, -0.05) is 40.2 Å². The standard InChI is InChI=1S/C14H11BrO2/c15-12-5-3-11(4-6-12)14(17)9-10-1-7-13(16)8-2-10/h1-8,16H,9H2. The third-order valence-electron chi connectivity index (χ3n) is 2.47. The van der Waals surface area contributed by atoms with Crippen LogP contribution in [-0.2, 0) is 6.42 Å². The van der Waals surface area contributed by atoms with Crippen molar-refractivity contribution >= 4 is 21.7 Å². The minimum Gasteiger partial charge on any atom is -0.508 e. The summed E-state index contributed by atoms with van der Waals surface area (Å²) in [6.45, 7) is 0. The Hall–Kier alpha value is -1.61. The van der Waals surface area contributed by atoms with Gasteiger partial charge in [-0.3, -0.25) is 4.79 Å². The van der Waals surface area contributed by atoms with Gasteiger partial charge in [0.25, 0.3) is 0 Å². The molecule has 0 aliphatic rings.